The molecule has 30 heavy (non-hydrogen) atoms. The van der Waals surface area contributed by atoms with E-state index in [9.17, 15) is 0 Å². The van der Waals surface area contributed by atoms with Crippen molar-refractivity contribution in [2.75, 3.05) is 14.2 Å². The zero-order valence-corrected chi connectivity index (χ0v) is 17.0. The van der Waals surface area contributed by atoms with Crippen LogP contribution in [0, 0.1) is 6.92 Å². The lowest BCUT2D eigenvalue weighted by Gasteiger charge is -2.09. The molecule has 150 valence electrons. The van der Waals surface area contributed by atoms with Crippen LogP contribution in [0.2, 0.25) is 0 Å². The SMILES string of the molecule is COc1ccc(-c2ccc3ncc(/N=C(\N)c4ccc(C)cc4)nc3n2)cc1OC. The number of aliphatic imine (C=N–C) groups is 1. The predicted molar refractivity (Wildman–Crippen MR) is 117 cm³/mol. The first kappa shape index (κ1) is 19.3. The number of rotatable bonds is 5. The molecule has 2 aromatic heterocycles. The first-order valence-electron chi connectivity index (χ1n) is 9.35. The van der Waals surface area contributed by atoms with Gasteiger partial charge >= 0.3 is 0 Å². The Balaban J connectivity index is 1.71. The van der Waals surface area contributed by atoms with Crippen molar-refractivity contribution in [3.63, 3.8) is 0 Å². The first-order valence-corrected chi connectivity index (χ1v) is 9.35. The van der Waals surface area contributed by atoms with Crippen LogP contribution in [0.4, 0.5) is 5.82 Å². The highest BCUT2D eigenvalue weighted by molar-refractivity contribution is 5.98. The second-order valence-corrected chi connectivity index (χ2v) is 6.70. The van der Waals surface area contributed by atoms with Gasteiger partial charge in [-0.25, -0.2) is 19.9 Å². The molecule has 0 radical (unpaired) electrons. The Morgan fingerprint density at radius 1 is 0.900 bits per heavy atom. The van der Waals surface area contributed by atoms with Gasteiger partial charge in [-0.05, 0) is 37.3 Å². The summed E-state index contributed by atoms with van der Waals surface area (Å²) in [5.74, 6) is 2.06. The molecular formula is C23H21N5O2. The van der Waals surface area contributed by atoms with E-state index >= 15 is 0 Å². The van der Waals surface area contributed by atoms with Gasteiger partial charge in [0.1, 0.15) is 11.4 Å². The fourth-order valence-corrected chi connectivity index (χ4v) is 3.01. The third-order valence-electron chi connectivity index (χ3n) is 4.66. The third-order valence-corrected chi connectivity index (χ3v) is 4.66. The molecule has 0 aliphatic heterocycles. The van der Waals surface area contributed by atoms with Crippen molar-refractivity contribution in [3.05, 3.63) is 71.9 Å². The zero-order chi connectivity index (χ0) is 21.1. The minimum absolute atomic E-state index is 0.375. The number of nitrogens with zero attached hydrogens (tertiary/aromatic N) is 4. The summed E-state index contributed by atoms with van der Waals surface area (Å²) in [5.41, 5.74) is 10.9. The van der Waals surface area contributed by atoms with Crippen LogP contribution in [0.25, 0.3) is 22.4 Å². The maximum Gasteiger partial charge on any atom is 0.180 e. The monoisotopic (exact) mass is 399 g/mol. The molecule has 0 atom stereocenters. The Morgan fingerprint density at radius 3 is 2.40 bits per heavy atom. The fraction of sp³-hybridized carbons (Fsp3) is 0.130. The van der Waals surface area contributed by atoms with Crippen LogP contribution < -0.4 is 15.2 Å². The Morgan fingerprint density at radius 2 is 1.67 bits per heavy atom. The quantitative estimate of drug-likeness (QED) is 0.402. The fourth-order valence-electron chi connectivity index (χ4n) is 3.01. The van der Waals surface area contributed by atoms with Crippen LogP contribution in [-0.2, 0) is 0 Å². The van der Waals surface area contributed by atoms with Crippen LogP contribution in [0.3, 0.4) is 0 Å². The number of aryl methyl sites for hydroxylation is 1. The molecule has 0 aliphatic rings. The summed E-state index contributed by atoms with van der Waals surface area (Å²) in [6.07, 6.45) is 1.58. The van der Waals surface area contributed by atoms with Crippen molar-refractivity contribution in [1.29, 1.82) is 0 Å². The van der Waals surface area contributed by atoms with Crippen LogP contribution in [-0.4, -0.2) is 35.0 Å². The third kappa shape index (κ3) is 3.91. The Labute approximate surface area is 174 Å². The molecule has 7 heteroatoms. The summed E-state index contributed by atoms with van der Waals surface area (Å²) in [7, 11) is 3.20. The molecule has 7 nitrogen and oxygen atoms in total. The number of aromatic nitrogens is 3. The van der Waals surface area contributed by atoms with Crippen molar-refractivity contribution < 1.29 is 9.47 Å². The number of hydrogen-bond acceptors (Lipinski definition) is 6. The number of fused-ring (bicyclic) bond motifs is 1. The average Bonchev–Trinajstić information content (AvgIpc) is 2.78. The normalized spacial score (nSPS) is 11.5. The topological polar surface area (TPSA) is 95.5 Å². The second-order valence-electron chi connectivity index (χ2n) is 6.70. The van der Waals surface area contributed by atoms with Crippen molar-refractivity contribution in [2.45, 2.75) is 6.92 Å². The highest BCUT2D eigenvalue weighted by Crippen LogP contribution is 2.32. The summed E-state index contributed by atoms with van der Waals surface area (Å²) < 4.78 is 10.7. The Kier molecular flexibility index (Phi) is 5.26. The maximum absolute atomic E-state index is 6.14. The standard InChI is InChI=1S/C23H21N5O2/c1-14-4-6-15(7-5-14)22(24)27-21-13-25-18-10-9-17(26-23(18)28-21)16-8-11-19(29-2)20(12-16)30-3/h4-13H,1-3H3,(H2,24,26,27,28). The average molecular weight is 399 g/mol. The molecule has 0 bridgehead atoms. The van der Waals surface area contributed by atoms with Crippen LogP contribution in [0.5, 0.6) is 11.5 Å². The van der Waals surface area contributed by atoms with E-state index in [0.717, 1.165) is 22.4 Å². The van der Waals surface area contributed by atoms with E-state index in [1.54, 1.807) is 20.4 Å². The summed E-state index contributed by atoms with van der Waals surface area (Å²) in [5, 5.41) is 0. The summed E-state index contributed by atoms with van der Waals surface area (Å²) >= 11 is 0. The van der Waals surface area contributed by atoms with Crippen molar-refractivity contribution in [1.82, 2.24) is 15.0 Å². The molecule has 0 saturated carbocycles. The highest BCUT2D eigenvalue weighted by Gasteiger charge is 2.09. The van der Waals surface area contributed by atoms with E-state index in [-0.39, 0.29) is 0 Å². The van der Waals surface area contributed by atoms with Crippen molar-refractivity contribution in [3.8, 4) is 22.8 Å². The summed E-state index contributed by atoms with van der Waals surface area (Å²) in [6, 6.07) is 17.2. The van der Waals surface area contributed by atoms with E-state index in [0.29, 0.717) is 34.3 Å². The lowest BCUT2D eigenvalue weighted by atomic mass is 10.1. The van der Waals surface area contributed by atoms with Gasteiger partial charge in [-0.1, -0.05) is 29.8 Å². The van der Waals surface area contributed by atoms with Gasteiger partial charge in [0.25, 0.3) is 0 Å². The molecule has 2 N–H and O–H groups in total. The zero-order valence-electron chi connectivity index (χ0n) is 17.0. The van der Waals surface area contributed by atoms with Crippen LogP contribution in [0.1, 0.15) is 11.1 Å². The largest absolute Gasteiger partial charge is 0.493 e. The van der Waals surface area contributed by atoms with Crippen LogP contribution >= 0.6 is 0 Å². The molecule has 0 aliphatic carbocycles. The molecule has 4 aromatic rings. The highest BCUT2D eigenvalue weighted by atomic mass is 16.5. The van der Waals surface area contributed by atoms with Gasteiger partial charge < -0.3 is 15.2 Å². The number of benzene rings is 2. The number of ether oxygens (including phenoxy) is 2. The lowest BCUT2D eigenvalue weighted by molar-refractivity contribution is 0.355. The molecule has 0 spiro atoms. The number of methoxy groups -OCH3 is 2. The molecule has 0 saturated heterocycles. The van der Waals surface area contributed by atoms with Crippen molar-refractivity contribution >= 4 is 22.8 Å². The molecule has 4 rings (SSSR count). The van der Waals surface area contributed by atoms with E-state index in [1.807, 2.05) is 61.5 Å². The van der Waals surface area contributed by atoms with Gasteiger partial charge in [-0.2, -0.15) is 0 Å². The van der Waals surface area contributed by atoms with E-state index < -0.39 is 0 Å². The first-order chi connectivity index (χ1) is 14.6. The molecule has 2 heterocycles. The van der Waals surface area contributed by atoms with E-state index in [2.05, 4.69) is 19.9 Å². The van der Waals surface area contributed by atoms with Gasteiger partial charge in [0.2, 0.25) is 0 Å². The smallest absolute Gasteiger partial charge is 0.180 e. The van der Waals surface area contributed by atoms with Crippen LogP contribution in [0.15, 0.2) is 65.8 Å². The molecular weight excluding hydrogens is 378 g/mol. The molecule has 2 aromatic carbocycles. The van der Waals surface area contributed by atoms with E-state index in [1.165, 1.54) is 0 Å². The summed E-state index contributed by atoms with van der Waals surface area (Å²) in [6.45, 7) is 2.02. The minimum atomic E-state index is 0.375. The van der Waals surface area contributed by atoms with E-state index in [4.69, 9.17) is 15.2 Å². The van der Waals surface area contributed by atoms with Gasteiger partial charge in [-0.3, -0.25) is 0 Å². The summed E-state index contributed by atoms with van der Waals surface area (Å²) in [4.78, 5) is 18.0. The lowest BCUT2D eigenvalue weighted by Crippen LogP contribution is -2.12. The number of nitrogens with two attached hydrogens (primary N) is 1. The van der Waals surface area contributed by atoms with Gasteiger partial charge in [-0.15, -0.1) is 0 Å². The number of pyridine rings is 1. The molecule has 0 amide bonds. The van der Waals surface area contributed by atoms with Gasteiger partial charge in [0, 0.05) is 11.1 Å². The Bertz CT molecular complexity index is 1240. The predicted octanol–water partition coefficient (Wildman–Crippen LogP) is 4.05. The minimum Gasteiger partial charge on any atom is -0.493 e. The second kappa shape index (κ2) is 8.16. The molecule has 0 unspecified atom stereocenters. The number of hydrogen-bond donors (Lipinski definition) is 1. The van der Waals surface area contributed by atoms with Crippen molar-refractivity contribution in [2.24, 2.45) is 10.7 Å². The van der Waals surface area contributed by atoms with Gasteiger partial charge in [0.05, 0.1) is 26.1 Å². The number of amidine groups is 1. The Hall–Kier alpha value is -4.00. The molecule has 0 fully saturated rings. The van der Waals surface area contributed by atoms with Gasteiger partial charge in [0.15, 0.2) is 23.0 Å². The maximum atomic E-state index is 6.14.